The molecule has 0 aliphatic heterocycles. The molecule has 3 heteroatoms. The Labute approximate surface area is 290 Å². The fourth-order valence-electron chi connectivity index (χ4n) is 5.73. The third-order valence-corrected chi connectivity index (χ3v) is 9.56. The van der Waals surface area contributed by atoms with Gasteiger partial charge in [0.2, 0.25) is 0 Å². The number of benzene rings is 3. The average Bonchev–Trinajstić information content (AvgIpc) is 3.47. The first-order valence-corrected chi connectivity index (χ1v) is 16.7. The molecule has 228 valence electrons. The molecule has 1 saturated carbocycles. The van der Waals surface area contributed by atoms with E-state index in [1.807, 2.05) is 6.07 Å². The van der Waals surface area contributed by atoms with Crippen LogP contribution in [-0.4, -0.2) is 3.21 Å². The number of allylic oxidation sites excluding steroid dienone is 4. The topological polar surface area (TPSA) is 0 Å². The molecule has 43 heavy (non-hydrogen) atoms. The standard InChI is InChI=1S/C21H25.C13H13.C6H10.2ClH.Zr/c1-20(2,3)16-9-7-14-11-15-8-10-17(21(4,5)6)13-19(15)18(14)12-16;1-10-8-11(2)13(9-10)12-6-4-3-5-7-12;1-2-4-6-5-3-1;;;/h7,9-10,12-13H,11H2,1-6H3;3-7,9-10H,1-2H3;1-5H2;2*1H;/q2*-1;;;;+2/p-2. The van der Waals surface area contributed by atoms with Crippen molar-refractivity contribution >= 4 is 8.78 Å². The molecule has 1 fully saturated rings. The molecule has 3 aliphatic carbocycles. The molecule has 3 aromatic carbocycles. The molecular formula is C40H48Cl2Zr-2. The van der Waals surface area contributed by atoms with Gasteiger partial charge in [-0.25, -0.2) is 5.57 Å². The molecule has 0 nitrogen and oxygen atoms in total. The monoisotopic (exact) mass is 688 g/mol. The minimum atomic E-state index is 0. The summed E-state index contributed by atoms with van der Waals surface area (Å²) in [6, 6.07) is 25.6. The summed E-state index contributed by atoms with van der Waals surface area (Å²) in [5.41, 5.74) is 12.7. The molecule has 0 aromatic heterocycles. The third-order valence-electron chi connectivity index (χ3n) is 8.33. The normalized spacial score (nSPS) is 17.0. The van der Waals surface area contributed by atoms with E-state index in [1.54, 1.807) is 27.4 Å². The van der Waals surface area contributed by atoms with Gasteiger partial charge in [-0.3, -0.25) is 6.08 Å². The van der Waals surface area contributed by atoms with E-state index in [2.05, 4.69) is 128 Å². The quantitative estimate of drug-likeness (QED) is 0.252. The van der Waals surface area contributed by atoms with E-state index in [4.69, 9.17) is 0 Å². The summed E-state index contributed by atoms with van der Waals surface area (Å²) in [5, 5.41) is 0. The maximum atomic E-state index is 3.53. The first-order chi connectivity index (χ1) is 19.3. The molecule has 0 bridgehead atoms. The molecule has 0 N–H and O–H groups in total. The summed E-state index contributed by atoms with van der Waals surface area (Å²) in [6.45, 7) is 17.9. The predicted molar refractivity (Wildman–Crippen MR) is 175 cm³/mol. The van der Waals surface area contributed by atoms with E-state index < -0.39 is 0 Å². The summed E-state index contributed by atoms with van der Waals surface area (Å²) >= 11 is 1.69. The van der Waals surface area contributed by atoms with Crippen LogP contribution < -0.4 is 24.8 Å². The number of hydrogen-bond donors (Lipinski definition) is 0. The van der Waals surface area contributed by atoms with Crippen LogP contribution in [-0.2, 0) is 41.5 Å². The van der Waals surface area contributed by atoms with Crippen molar-refractivity contribution in [3.63, 3.8) is 0 Å². The van der Waals surface area contributed by atoms with Crippen LogP contribution in [0.2, 0.25) is 0 Å². The summed E-state index contributed by atoms with van der Waals surface area (Å²) in [4.78, 5) is 0. The van der Waals surface area contributed by atoms with Gasteiger partial charge in [0.15, 0.2) is 0 Å². The van der Waals surface area contributed by atoms with Gasteiger partial charge >= 0.3 is 59.5 Å². The van der Waals surface area contributed by atoms with E-state index in [1.165, 1.54) is 82.2 Å². The Morgan fingerprint density at radius 1 is 0.767 bits per heavy atom. The Morgan fingerprint density at radius 3 is 1.88 bits per heavy atom. The second-order valence-electron chi connectivity index (χ2n) is 14.0. The molecule has 1 unspecified atom stereocenters. The molecule has 3 aliphatic rings. The van der Waals surface area contributed by atoms with Gasteiger partial charge < -0.3 is 24.8 Å². The van der Waals surface area contributed by atoms with Gasteiger partial charge in [0.1, 0.15) is 0 Å². The Bertz CT molecular complexity index is 1360. The van der Waals surface area contributed by atoms with Crippen LogP contribution in [0.25, 0.3) is 16.7 Å². The fraction of sp³-hybridized carbons (Fsp3) is 0.425. The van der Waals surface area contributed by atoms with Crippen LogP contribution in [0.1, 0.15) is 115 Å². The molecule has 0 saturated heterocycles. The molecule has 3 aromatic rings. The van der Waals surface area contributed by atoms with Crippen molar-refractivity contribution in [3.05, 3.63) is 112 Å². The molecule has 0 heterocycles. The van der Waals surface area contributed by atoms with Crippen LogP contribution >= 0.6 is 0 Å². The van der Waals surface area contributed by atoms with Crippen molar-refractivity contribution in [2.75, 3.05) is 0 Å². The van der Waals surface area contributed by atoms with Crippen molar-refractivity contribution in [1.29, 1.82) is 0 Å². The van der Waals surface area contributed by atoms with Crippen LogP contribution in [0.3, 0.4) is 0 Å². The zero-order chi connectivity index (χ0) is 29.8. The Morgan fingerprint density at radius 2 is 1.37 bits per heavy atom. The van der Waals surface area contributed by atoms with E-state index >= 15 is 0 Å². The van der Waals surface area contributed by atoms with Gasteiger partial charge in [0.05, 0.1) is 0 Å². The molecular weight excluding hydrogens is 643 g/mol. The van der Waals surface area contributed by atoms with Crippen LogP contribution in [0.5, 0.6) is 0 Å². The second kappa shape index (κ2) is 16.2. The Hall–Kier alpha value is -1.53. The Kier molecular flexibility index (Phi) is 14.2. The van der Waals surface area contributed by atoms with Crippen LogP contribution in [0, 0.1) is 18.1 Å². The van der Waals surface area contributed by atoms with Crippen molar-refractivity contribution < 1.29 is 49.0 Å². The van der Waals surface area contributed by atoms with Crippen LogP contribution in [0.15, 0.2) is 72.3 Å². The molecule has 6 rings (SSSR count). The van der Waals surface area contributed by atoms with Gasteiger partial charge in [-0.1, -0.05) is 126 Å². The molecule has 0 radical (unpaired) electrons. The predicted octanol–water partition coefficient (Wildman–Crippen LogP) is 4.80. The maximum absolute atomic E-state index is 3.53. The Balaban J connectivity index is 0.000000250. The zero-order valence-corrected chi connectivity index (χ0v) is 31.4. The average molecular weight is 691 g/mol. The van der Waals surface area contributed by atoms with Crippen molar-refractivity contribution in [2.45, 2.75) is 105 Å². The SMILES string of the molecule is CC(C)(C)c1c[c-]c2c(c1)-c1cc(C(C)(C)C)ccc1C2.CC1=[C-]C(C)C=C1c1ccccc1.[Cl-].[Cl-].[Zr+2]=[C]1CCCCC1. The first-order valence-electron chi connectivity index (χ1n) is 15.5. The van der Waals surface area contributed by atoms with Gasteiger partial charge in [0.25, 0.3) is 0 Å². The summed E-state index contributed by atoms with van der Waals surface area (Å²) < 4.78 is 1.80. The van der Waals surface area contributed by atoms with Crippen molar-refractivity contribution in [2.24, 2.45) is 5.92 Å². The van der Waals surface area contributed by atoms with Crippen molar-refractivity contribution in [1.82, 2.24) is 0 Å². The zero-order valence-electron chi connectivity index (χ0n) is 27.4. The van der Waals surface area contributed by atoms with Gasteiger partial charge in [-0.15, -0.1) is 11.1 Å². The summed E-state index contributed by atoms with van der Waals surface area (Å²) in [5.74, 6) is 0.468. The number of rotatable bonds is 1. The van der Waals surface area contributed by atoms with Gasteiger partial charge in [-0.05, 0) is 17.4 Å². The third kappa shape index (κ3) is 10.2. The van der Waals surface area contributed by atoms with Gasteiger partial charge in [0, 0.05) is 0 Å². The van der Waals surface area contributed by atoms with E-state index in [0.717, 1.165) is 6.42 Å². The molecule has 0 amide bonds. The first kappa shape index (κ1) is 37.7. The molecule has 0 spiro atoms. The molecule has 1 atom stereocenters. The van der Waals surface area contributed by atoms with E-state index in [0.29, 0.717) is 5.92 Å². The number of fused-ring (bicyclic) bond motifs is 3. The minimum absolute atomic E-state index is 0. The second-order valence-corrected chi connectivity index (χ2v) is 15.7. The number of halogens is 2. The fourth-order valence-corrected chi connectivity index (χ4v) is 6.60. The van der Waals surface area contributed by atoms with Gasteiger partial charge in [-0.2, -0.15) is 41.0 Å². The van der Waals surface area contributed by atoms with Crippen molar-refractivity contribution in [3.8, 4) is 11.1 Å². The summed E-state index contributed by atoms with van der Waals surface area (Å²) in [6.07, 6.45) is 14.0. The van der Waals surface area contributed by atoms with Crippen LogP contribution in [0.4, 0.5) is 0 Å². The number of hydrogen-bond acceptors (Lipinski definition) is 0. The summed E-state index contributed by atoms with van der Waals surface area (Å²) in [7, 11) is 0. The van der Waals surface area contributed by atoms with E-state index in [9.17, 15) is 0 Å². The van der Waals surface area contributed by atoms with E-state index in [-0.39, 0.29) is 35.6 Å².